The van der Waals surface area contributed by atoms with Crippen molar-refractivity contribution >= 4 is 18.3 Å². The molecule has 6 heteroatoms. The second-order valence-corrected chi connectivity index (χ2v) is 5.59. The number of carbonyl (C=O) groups excluding carboxylic acids is 1. The Morgan fingerprint density at radius 3 is 2.75 bits per heavy atom. The molecule has 2 rings (SSSR count). The molecule has 1 aromatic rings. The number of nitrogens with two attached hydrogens (primary N) is 1. The van der Waals surface area contributed by atoms with Crippen LogP contribution in [0, 0.1) is 19.8 Å². The average molecular weight is 302 g/mol. The van der Waals surface area contributed by atoms with E-state index in [-0.39, 0.29) is 24.4 Å². The Bertz CT molecular complexity index is 442. The van der Waals surface area contributed by atoms with Gasteiger partial charge in [-0.3, -0.25) is 4.79 Å². The molecule has 1 saturated heterocycles. The SMILES string of the molecule is Cc1noc(C)c1CC(=O)N1CCC(C)CC1CN.Cl. The number of piperidine rings is 1. The lowest BCUT2D eigenvalue weighted by atomic mass is 9.92. The number of halogens is 1. The highest BCUT2D eigenvalue weighted by atomic mass is 35.5. The van der Waals surface area contributed by atoms with E-state index in [9.17, 15) is 4.79 Å². The standard InChI is InChI=1S/C14H23N3O2.ClH/c1-9-4-5-17(12(6-9)8-15)14(18)7-13-10(2)16-19-11(13)3;/h9,12H,4-8,15H2,1-3H3;1H. The molecule has 20 heavy (non-hydrogen) atoms. The van der Waals surface area contributed by atoms with Gasteiger partial charge in [0.15, 0.2) is 0 Å². The third-order valence-electron chi connectivity index (χ3n) is 4.08. The van der Waals surface area contributed by atoms with Crippen LogP contribution in [0.5, 0.6) is 0 Å². The molecular weight excluding hydrogens is 278 g/mol. The van der Waals surface area contributed by atoms with E-state index in [1.807, 2.05) is 18.7 Å². The van der Waals surface area contributed by atoms with Crippen LogP contribution in [0.3, 0.4) is 0 Å². The molecule has 1 aliphatic rings. The molecule has 5 nitrogen and oxygen atoms in total. The molecular formula is C14H24ClN3O2. The lowest BCUT2D eigenvalue weighted by Crippen LogP contribution is -2.49. The molecule has 1 aromatic heterocycles. The highest BCUT2D eigenvalue weighted by molar-refractivity contribution is 5.85. The van der Waals surface area contributed by atoms with E-state index in [2.05, 4.69) is 12.1 Å². The van der Waals surface area contributed by atoms with Crippen LogP contribution in [0.15, 0.2) is 4.52 Å². The molecule has 0 aromatic carbocycles. The first-order valence-electron chi connectivity index (χ1n) is 6.94. The van der Waals surface area contributed by atoms with Crippen molar-refractivity contribution < 1.29 is 9.32 Å². The minimum Gasteiger partial charge on any atom is -0.361 e. The van der Waals surface area contributed by atoms with Gasteiger partial charge in [0.1, 0.15) is 5.76 Å². The molecule has 1 amide bonds. The number of aromatic nitrogens is 1. The van der Waals surface area contributed by atoms with E-state index in [4.69, 9.17) is 10.3 Å². The molecule has 2 unspecified atom stereocenters. The number of aryl methyl sites for hydroxylation is 2. The summed E-state index contributed by atoms with van der Waals surface area (Å²) in [5.74, 6) is 1.52. The number of hydrogen-bond acceptors (Lipinski definition) is 4. The van der Waals surface area contributed by atoms with E-state index in [1.165, 1.54) is 0 Å². The van der Waals surface area contributed by atoms with Crippen molar-refractivity contribution in [3.05, 3.63) is 17.0 Å². The zero-order chi connectivity index (χ0) is 14.0. The fourth-order valence-corrected chi connectivity index (χ4v) is 2.81. The second-order valence-electron chi connectivity index (χ2n) is 5.59. The van der Waals surface area contributed by atoms with Gasteiger partial charge in [0.2, 0.25) is 5.91 Å². The van der Waals surface area contributed by atoms with Crippen LogP contribution in [-0.2, 0) is 11.2 Å². The van der Waals surface area contributed by atoms with Crippen LogP contribution < -0.4 is 5.73 Å². The fraction of sp³-hybridized carbons (Fsp3) is 0.714. The van der Waals surface area contributed by atoms with Gasteiger partial charge in [0.05, 0.1) is 12.1 Å². The molecule has 0 spiro atoms. The van der Waals surface area contributed by atoms with Gasteiger partial charge in [-0.05, 0) is 32.6 Å². The molecule has 1 aliphatic heterocycles. The minimum absolute atomic E-state index is 0. The summed E-state index contributed by atoms with van der Waals surface area (Å²) < 4.78 is 5.11. The number of rotatable bonds is 3. The summed E-state index contributed by atoms with van der Waals surface area (Å²) in [4.78, 5) is 14.4. The lowest BCUT2D eigenvalue weighted by molar-refractivity contribution is -0.134. The van der Waals surface area contributed by atoms with Crippen LogP contribution in [0.25, 0.3) is 0 Å². The molecule has 0 aliphatic carbocycles. The molecule has 0 radical (unpaired) electrons. The average Bonchev–Trinajstić information content (AvgIpc) is 2.70. The molecule has 2 N–H and O–H groups in total. The minimum atomic E-state index is 0. The Labute approximate surface area is 126 Å². The fourth-order valence-electron chi connectivity index (χ4n) is 2.81. The monoisotopic (exact) mass is 301 g/mol. The van der Waals surface area contributed by atoms with Gasteiger partial charge >= 0.3 is 0 Å². The lowest BCUT2D eigenvalue weighted by Gasteiger charge is -2.38. The summed E-state index contributed by atoms with van der Waals surface area (Å²) in [6.07, 6.45) is 2.43. The van der Waals surface area contributed by atoms with E-state index in [0.717, 1.165) is 36.4 Å². The van der Waals surface area contributed by atoms with Crippen molar-refractivity contribution in [2.45, 2.75) is 46.1 Å². The Morgan fingerprint density at radius 1 is 1.50 bits per heavy atom. The predicted molar refractivity (Wildman–Crippen MR) is 79.9 cm³/mol. The maximum Gasteiger partial charge on any atom is 0.227 e. The van der Waals surface area contributed by atoms with Crippen molar-refractivity contribution in [2.24, 2.45) is 11.7 Å². The number of likely N-dealkylation sites (tertiary alicyclic amines) is 1. The molecule has 1 fully saturated rings. The highest BCUT2D eigenvalue weighted by Crippen LogP contribution is 2.23. The Kier molecular flexibility index (Phi) is 6.02. The predicted octanol–water partition coefficient (Wildman–Crippen LogP) is 1.84. The normalized spacial score (nSPS) is 22.5. The summed E-state index contributed by atoms with van der Waals surface area (Å²) >= 11 is 0. The number of carbonyl (C=O) groups is 1. The molecule has 2 atom stereocenters. The molecule has 2 heterocycles. The van der Waals surface area contributed by atoms with Crippen molar-refractivity contribution in [3.8, 4) is 0 Å². The Morgan fingerprint density at radius 2 is 2.20 bits per heavy atom. The quantitative estimate of drug-likeness (QED) is 0.924. The summed E-state index contributed by atoms with van der Waals surface area (Å²) in [5, 5.41) is 3.90. The maximum absolute atomic E-state index is 12.4. The van der Waals surface area contributed by atoms with Crippen LogP contribution in [0.1, 0.15) is 36.8 Å². The van der Waals surface area contributed by atoms with Crippen molar-refractivity contribution in [3.63, 3.8) is 0 Å². The van der Waals surface area contributed by atoms with Crippen LogP contribution in [0.2, 0.25) is 0 Å². The molecule has 114 valence electrons. The van der Waals surface area contributed by atoms with Crippen molar-refractivity contribution in [2.75, 3.05) is 13.1 Å². The summed E-state index contributed by atoms with van der Waals surface area (Å²) in [6.45, 7) is 7.29. The maximum atomic E-state index is 12.4. The topological polar surface area (TPSA) is 72.4 Å². The van der Waals surface area contributed by atoms with E-state index < -0.39 is 0 Å². The second kappa shape index (κ2) is 7.09. The number of nitrogens with zero attached hydrogens (tertiary/aromatic N) is 2. The largest absolute Gasteiger partial charge is 0.361 e. The van der Waals surface area contributed by atoms with Crippen molar-refractivity contribution in [1.82, 2.24) is 10.1 Å². The summed E-state index contributed by atoms with van der Waals surface area (Å²) in [5.41, 5.74) is 7.52. The van der Waals surface area contributed by atoms with Crippen molar-refractivity contribution in [1.29, 1.82) is 0 Å². The molecule has 0 saturated carbocycles. The smallest absolute Gasteiger partial charge is 0.227 e. The van der Waals surface area contributed by atoms with E-state index in [1.54, 1.807) is 0 Å². The van der Waals surface area contributed by atoms with Crippen LogP contribution in [0.4, 0.5) is 0 Å². The zero-order valence-corrected chi connectivity index (χ0v) is 13.2. The van der Waals surface area contributed by atoms with Gasteiger partial charge in [-0.1, -0.05) is 12.1 Å². The number of hydrogen-bond donors (Lipinski definition) is 1. The highest BCUT2D eigenvalue weighted by Gasteiger charge is 2.29. The third-order valence-corrected chi connectivity index (χ3v) is 4.08. The van der Waals surface area contributed by atoms with E-state index >= 15 is 0 Å². The third kappa shape index (κ3) is 3.52. The van der Waals surface area contributed by atoms with Gasteiger partial charge < -0.3 is 15.2 Å². The van der Waals surface area contributed by atoms with Gasteiger partial charge in [-0.2, -0.15) is 0 Å². The van der Waals surface area contributed by atoms with Gasteiger partial charge in [0.25, 0.3) is 0 Å². The first kappa shape index (κ1) is 17.0. The first-order valence-corrected chi connectivity index (χ1v) is 6.94. The van der Waals surface area contributed by atoms with Gasteiger partial charge in [-0.15, -0.1) is 12.4 Å². The zero-order valence-electron chi connectivity index (χ0n) is 12.4. The van der Waals surface area contributed by atoms with Gasteiger partial charge in [-0.25, -0.2) is 0 Å². The Balaban J connectivity index is 0.00000200. The van der Waals surface area contributed by atoms with Crippen LogP contribution in [-0.4, -0.2) is 35.1 Å². The summed E-state index contributed by atoms with van der Waals surface area (Å²) in [6, 6.07) is 0.178. The first-order chi connectivity index (χ1) is 9.02. The summed E-state index contributed by atoms with van der Waals surface area (Å²) in [7, 11) is 0. The number of amides is 1. The van der Waals surface area contributed by atoms with Crippen LogP contribution >= 0.6 is 12.4 Å². The van der Waals surface area contributed by atoms with E-state index in [0.29, 0.717) is 18.9 Å². The Hall–Kier alpha value is -1.07. The van der Waals surface area contributed by atoms with Gasteiger partial charge in [0, 0.05) is 24.7 Å². The molecule has 0 bridgehead atoms.